The number of rotatable bonds is 3. The summed E-state index contributed by atoms with van der Waals surface area (Å²) >= 11 is 0. The second-order valence-corrected chi connectivity index (χ2v) is 5.22. The molecule has 0 bridgehead atoms. The number of para-hydroxylation sites is 1. The van der Waals surface area contributed by atoms with Gasteiger partial charge in [-0.25, -0.2) is 9.78 Å². The molecule has 0 unspecified atom stereocenters. The Morgan fingerprint density at radius 1 is 1.33 bits per heavy atom. The molecule has 0 atom stereocenters. The molecule has 2 heterocycles. The van der Waals surface area contributed by atoms with Crippen LogP contribution in [0, 0.1) is 0 Å². The molecule has 5 heteroatoms. The third-order valence-corrected chi connectivity index (χ3v) is 3.70. The SMILES string of the molecule is CCNC(=O)Nc1ccccc1-c1cn2c(n1)CCCC2. The fourth-order valence-corrected chi connectivity index (χ4v) is 2.68. The highest BCUT2D eigenvalue weighted by Gasteiger charge is 2.15. The number of fused-ring (bicyclic) bond motifs is 1. The first-order valence-corrected chi connectivity index (χ1v) is 7.48. The molecule has 2 amide bonds. The van der Waals surface area contributed by atoms with E-state index in [2.05, 4.69) is 21.4 Å². The van der Waals surface area contributed by atoms with Crippen molar-refractivity contribution < 1.29 is 4.79 Å². The van der Waals surface area contributed by atoms with E-state index >= 15 is 0 Å². The number of hydrogen-bond donors (Lipinski definition) is 2. The van der Waals surface area contributed by atoms with E-state index in [-0.39, 0.29) is 6.03 Å². The van der Waals surface area contributed by atoms with E-state index in [0.717, 1.165) is 35.7 Å². The molecule has 21 heavy (non-hydrogen) atoms. The van der Waals surface area contributed by atoms with Gasteiger partial charge in [-0.3, -0.25) is 0 Å². The summed E-state index contributed by atoms with van der Waals surface area (Å²) in [6, 6.07) is 7.60. The number of carbonyl (C=O) groups excluding carboxylic acids is 1. The van der Waals surface area contributed by atoms with Crippen molar-refractivity contribution in [1.29, 1.82) is 0 Å². The molecule has 1 aliphatic rings. The first-order chi connectivity index (χ1) is 10.3. The number of hydrogen-bond acceptors (Lipinski definition) is 2. The summed E-state index contributed by atoms with van der Waals surface area (Å²) in [5.41, 5.74) is 2.68. The van der Waals surface area contributed by atoms with Crippen LogP contribution in [0.4, 0.5) is 10.5 Å². The summed E-state index contributed by atoms with van der Waals surface area (Å²) in [6.45, 7) is 3.54. The topological polar surface area (TPSA) is 59.0 Å². The lowest BCUT2D eigenvalue weighted by Crippen LogP contribution is -2.28. The number of nitrogens with one attached hydrogen (secondary N) is 2. The molecular weight excluding hydrogens is 264 g/mol. The molecule has 1 aromatic carbocycles. The number of urea groups is 1. The summed E-state index contributed by atoms with van der Waals surface area (Å²) in [5.74, 6) is 1.14. The number of nitrogens with zero attached hydrogens (tertiary/aromatic N) is 2. The molecule has 0 fully saturated rings. The molecule has 0 saturated carbocycles. The number of aromatic nitrogens is 2. The Hall–Kier alpha value is -2.30. The number of benzene rings is 1. The van der Waals surface area contributed by atoms with Crippen LogP contribution in [0.25, 0.3) is 11.3 Å². The maximum absolute atomic E-state index is 11.7. The second kappa shape index (κ2) is 5.99. The summed E-state index contributed by atoms with van der Waals surface area (Å²) in [5, 5.41) is 5.64. The Morgan fingerprint density at radius 2 is 2.19 bits per heavy atom. The zero-order chi connectivity index (χ0) is 14.7. The van der Waals surface area contributed by atoms with Gasteiger partial charge in [0, 0.05) is 31.3 Å². The van der Waals surface area contributed by atoms with E-state index in [4.69, 9.17) is 4.98 Å². The quantitative estimate of drug-likeness (QED) is 0.910. The highest BCUT2D eigenvalue weighted by molar-refractivity contribution is 5.93. The third kappa shape index (κ3) is 2.91. The number of aryl methyl sites for hydroxylation is 2. The summed E-state index contributed by atoms with van der Waals surface area (Å²) in [7, 11) is 0. The average molecular weight is 284 g/mol. The molecule has 0 aliphatic carbocycles. The fraction of sp³-hybridized carbons (Fsp3) is 0.375. The second-order valence-electron chi connectivity index (χ2n) is 5.22. The Kier molecular flexibility index (Phi) is 3.90. The van der Waals surface area contributed by atoms with E-state index in [0.29, 0.717) is 6.54 Å². The minimum absolute atomic E-state index is 0.186. The van der Waals surface area contributed by atoms with Crippen LogP contribution in [0.2, 0.25) is 0 Å². The maximum Gasteiger partial charge on any atom is 0.319 e. The molecule has 3 rings (SSSR count). The highest BCUT2D eigenvalue weighted by atomic mass is 16.2. The molecule has 5 nitrogen and oxygen atoms in total. The van der Waals surface area contributed by atoms with Crippen LogP contribution in [0.1, 0.15) is 25.6 Å². The maximum atomic E-state index is 11.7. The lowest BCUT2D eigenvalue weighted by atomic mass is 10.1. The number of amides is 2. The van der Waals surface area contributed by atoms with Gasteiger partial charge in [-0.15, -0.1) is 0 Å². The standard InChI is InChI=1S/C16H20N4O/c1-2-17-16(21)19-13-8-4-3-7-12(13)14-11-20-10-6-5-9-15(20)18-14/h3-4,7-8,11H,2,5-6,9-10H2,1H3,(H2,17,19,21). The van der Waals surface area contributed by atoms with Gasteiger partial charge in [0.05, 0.1) is 11.4 Å². The minimum atomic E-state index is -0.186. The van der Waals surface area contributed by atoms with Crippen molar-refractivity contribution in [3.05, 3.63) is 36.3 Å². The van der Waals surface area contributed by atoms with Crippen molar-refractivity contribution in [3.63, 3.8) is 0 Å². The monoisotopic (exact) mass is 284 g/mol. The molecule has 1 aromatic heterocycles. The lowest BCUT2D eigenvalue weighted by molar-refractivity contribution is 0.252. The van der Waals surface area contributed by atoms with Crippen LogP contribution in [0.15, 0.2) is 30.5 Å². The van der Waals surface area contributed by atoms with E-state index in [1.807, 2.05) is 31.2 Å². The summed E-state index contributed by atoms with van der Waals surface area (Å²) in [4.78, 5) is 16.5. The number of carbonyl (C=O) groups is 1. The van der Waals surface area contributed by atoms with Gasteiger partial charge in [0.25, 0.3) is 0 Å². The van der Waals surface area contributed by atoms with Gasteiger partial charge in [-0.2, -0.15) is 0 Å². The van der Waals surface area contributed by atoms with Crippen molar-refractivity contribution in [1.82, 2.24) is 14.9 Å². The Morgan fingerprint density at radius 3 is 3.00 bits per heavy atom. The van der Waals surface area contributed by atoms with E-state index in [9.17, 15) is 4.79 Å². The zero-order valence-corrected chi connectivity index (χ0v) is 12.2. The van der Waals surface area contributed by atoms with Gasteiger partial charge in [-0.1, -0.05) is 18.2 Å². The van der Waals surface area contributed by atoms with Crippen molar-refractivity contribution >= 4 is 11.7 Å². The van der Waals surface area contributed by atoms with Crippen LogP contribution in [0.3, 0.4) is 0 Å². The molecule has 2 aromatic rings. The van der Waals surface area contributed by atoms with Gasteiger partial charge in [0.1, 0.15) is 5.82 Å². The molecular formula is C16H20N4O. The van der Waals surface area contributed by atoms with Crippen LogP contribution in [-0.4, -0.2) is 22.1 Å². The minimum Gasteiger partial charge on any atom is -0.338 e. The fourth-order valence-electron chi connectivity index (χ4n) is 2.68. The van der Waals surface area contributed by atoms with Crippen molar-refractivity contribution in [3.8, 4) is 11.3 Å². The van der Waals surface area contributed by atoms with Crippen LogP contribution < -0.4 is 10.6 Å². The smallest absolute Gasteiger partial charge is 0.319 e. The zero-order valence-electron chi connectivity index (χ0n) is 12.2. The lowest BCUT2D eigenvalue weighted by Gasteiger charge is -2.11. The number of anilines is 1. The molecule has 0 spiro atoms. The summed E-state index contributed by atoms with van der Waals surface area (Å²) < 4.78 is 2.22. The van der Waals surface area contributed by atoms with Gasteiger partial charge < -0.3 is 15.2 Å². The molecule has 0 radical (unpaired) electrons. The molecule has 0 saturated heterocycles. The van der Waals surface area contributed by atoms with E-state index in [1.165, 1.54) is 12.8 Å². The third-order valence-electron chi connectivity index (χ3n) is 3.70. The highest BCUT2D eigenvalue weighted by Crippen LogP contribution is 2.28. The van der Waals surface area contributed by atoms with Crippen molar-refractivity contribution in [2.75, 3.05) is 11.9 Å². The van der Waals surface area contributed by atoms with Gasteiger partial charge in [0.2, 0.25) is 0 Å². The van der Waals surface area contributed by atoms with E-state index in [1.54, 1.807) is 0 Å². The molecule has 2 N–H and O–H groups in total. The Labute approximate surface area is 124 Å². The summed E-state index contributed by atoms with van der Waals surface area (Å²) in [6.07, 6.45) is 5.54. The normalized spacial score (nSPS) is 13.6. The van der Waals surface area contributed by atoms with Gasteiger partial charge in [-0.05, 0) is 25.8 Å². The first-order valence-electron chi connectivity index (χ1n) is 7.48. The van der Waals surface area contributed by atoms with Crippen LogP contribution in [0.5, 0.6) is 0 Å². The molecule has 1 aliphatic heterocycles. The Bertz CT molecular complexity index is 624. The van der Waals surface area contributed by atoms with Crippen molar-refractivity contribution in [2.45, 2.75) is 32.7 Å². The first kappa shape index (κ1) is 13.7. The Balaban J connectivity index is 1.91. The van der Waals surface area contributed by atoms with Gasteiger partial charge in [0.15, 0.2) is 0 Å². The average Bonchev–Trinajstić information content (AvgIpc) is 2.91. The molecule has 110 valence electrons. The van der Waals surface area contributed by atoms with Gasteiger partial charge >= 0.3 is 6.03 Å². The van der Waals surface area contributed by atoms with Crippen molar-refractivity contribution in [2.24, 2.45) is 0 Å². The predicted molar refractivity (Wildman–Crippen MR) is 83.3 cm³/mol. The van der Waals surface area contributed by atoms with E-state index < -0.39 is 0 Å². The number of imidazole rings is 1. The van der Waals surface area contributed by atoms with Crippen LogP contribution >= 0.6 is 0 Å². The largest absolute Gasteiger partial charge is 0.338 e. The van der Waals surface area contributed by atoms with Crippen LogP contribution in [-0.2, 0) is 13.0 Å². The predicted octanol–water partition coefficient (Wildman–Crippen LogP) is 3.03.